The minimum absolute atomic E-state index is 0.133. The molecule has 150 valence electrons. The van der Waals surface area contributed by atoms with Gasteiger partial charge >= 0.3 is 5.97 Å². The molecule has 2 aromatic carbocycles. The number of amides is 1. The minimum atomic E-state index is -1.01. The fourth-order valence-electron chi connectivity index (χ4n) is 2.44. The van der Waals surface area contributed by atoms with Crippen LogP contribution in [0.2, 0.25) is 5.02 Å². The maximum Gasteiger partial charge on any atom is 0.339 e. The van der Waals surface area contributed by atoms with Crippen LogP contribution in [0.25, 0.3) is 0 Å². The molecule has 2 rings (SSSR count). The Bertz CT molecular complexity index is 841. The first kappa shape index (κ1) is 21.5. The summed E-state index contributed by atoms with van der Waals surface area (Å²) in [5, 5.41) is 2.86. The molecule has 0 aliphatic carbocycles. The summed E-state index contributed by atoms with van der Waals surface area (Å²) in [6.45, 7) is 1.79. The van der Waals surface area contributed by atoms with Crippen LogP contribution < -0.4 is 14.8 Å². The highest BCUT2D eigenvalue weighted by molar-refractivity contribution is 6.32. The SMILES string of the molecule is COc1cc(C(=O)O[C@H](C)C(=O)NCCc2ccc(F)cc2)cc(Cl)c1OC. The van der Waals surface area contributed by atoms with Crippen molar-refractivity contribution in [2.24, 2.45) is 0 Å². The van der Waals surface area contributed by atoms with Crippen LogP contribution in [0, 0.1) is 5.82 Å². The summed E-state index contributed by atoms with van der Waals surface area (Å²) in [6.07, 6.45) is -0.481. The highest BCUT2D eigenvalue weighted by atomic mass is 35.5. The second kappa shape index (κ2) is 9.94. The van der Waals surface area contributed by atoms with Gasteiger partial charge in [-0.3, -0.25) is 4.79 Å². The number of halogens is 2. The third-order valence-electron chi connectivity index (χ3n) is 3.95. The van der Waals surface area contributed by atoms with Crippen molar-refractivity contribution in [3.8, 4) is 11.5 Å². The van der Waals surface area contributed by atoms with Crippen molar-refractivity contribution in [1.29, 1.82) is 0 Å². The van der Waals surface area contributed by atoms with Crippen molar-refractivity contribution in [3.05, 3.63) is 58.4 Å². The Morgan fingerprint density at radius 2 is 1.82 bits per heavy atom. The molecule has 1 atom stereocenters. The predicted octanol–water partition coefficient (Wildman–Crippen LogP) is 3.40. The van der Waals surface area contributed by atoms with Crippen molar-refractivity contribution in [1.82, 2.24) is 5.32 Å². The van der Waals surface area contributed by atoms with E-state index >= 15 is 0 Å². The molecule has 0 heterocycles. The van der Waals surface area contributed by atoms with E-state index in [0.29, 0.717) is 18.7 Å². The number of ether oxygens (including phenoxy) is 3. The minimum Gasteiger partial charge on any atom is -0.493 e. The first-order chi connectivity index (χ1) is 13.3. The number of carbonyl (C=O) groups excluding carboxylic acids is 2. The molecule has 6 nitrogen and oxygen atoms in total. The first-order valence-electron chi connectivity index (χ1n) is 8.50. The molecular formula is C20H21ClFNO5. The van der Waals surface area contributed by atoms with Crippen LogP contribution in [-0.2, 0) is 16.0 Å². The summed E-state index contributed by atoms with van der Waals surface area (Å²) < 4.78 is 28.3. The lowest BCUT2D eigenvalue weighted by Gasteiger charge is -2.15. The van der Waals surface area contributed by atoms with E-state index in [0.717, 1.165) is 5.56 Å². The number of hydrogen-bond donors (Lipinski definition) is 1. The number of hydrogen-bond acceptors (Lipinski definition) is 5. The molecule has 2 aromatic rings. The van der Waals surface area contributed by atoms with Gasteiger partial charge in [-0.25, -0.2) is 9.18 Å². The third kappa shape index (κ3) is 5.60. The van der Waals surface area contributed by atoms with Crippen molar-refractivity contribution in [2.75, 3.05) is 20.8 Å². The van der Waals surface area contributed by atoms with Crippen LogP contribution in [0.15, 0.2) is 36.4 Å². The highest BCUT2D eigenvalue weighted by Gasteiger charge is 2.21. The topological polar surface area (TPSA) is 73.9 Å². The Labute approximate surface area is 167 Å². The van der Waals surface area contributed by atoms with E-state index in [1.807, 2.05) is 0 Å². The smallest absolute Gasteiger partial charge is 0.339 e. The Hall–Kier alpha value is -2.80. The van der Waals surface area contributed by atoms with Crippen LogP contribution >= 0.6 is 11.6 Å². The van der Waals surface area contributed by atoms with Crippen molar-refractivity contribution in [2.45, 2.75) is 19.4 Å². The van der Waals surface area contributed by atoms with Crippen molar-refractivity contribution < 1.29 is 28.2 Å². The van der Waals surface area contributed by atoms with Crippen LogP contribution in [0.4, 0.5) is 4.39 Å². The normalized spacial score (nSPS) is 11.5. The highest BCUT2D eigenvalue weighted by Crippen LogP contribution is 2.36. The van der Waals surface area contributed by atoms with Gasteiger partial charge in [0, 0.05) is 6.54 Å². The second-order valence-electron chi connectivity index (χ2n) is 5.91. The lowest BCUT2D eigenvalue weighted by molar-refractivity contribution is -0.129. The Morgan fingerprint density at radius 1 is 1.14 bits per heavy atom. The van der Waals surface area contributed by atoms with E-state index in [-0.39, 0.29) is 22.2 Å². The average Bonchev–Trinajstić information content (AvgIpc) is 2.68. The number of nitrogens with one attached hydrogen (secondary N) is 1. The van der Waals surface area contributed by atoms with E-state index in [9.17, 15) is 14.0 Å². The van der Waals surface area contributed by atoms with E-state index in [4.69, 9.17) is 25.8 Å². The van der Waals surface area contributed by atoms with Gasteiger partial charge in [-0.15, -0.1) is 0 Å². The number of rotatable bonds is 8. The van der Waals surface area contributed by atoms with Gasteiger partial charge in [-0.1, -0.05) is 23.7 Å². The maximum atomic E-state index is 12.9. The van der Waals surface area contributed by atoms with Crippen LogP contribution in [-0.4, -0.2) is 38.7 Å². The van der Waals surface area contributed by atoms with Gasteiger partial charge < -0.3 is 19.5 Å². The molecule has 8 heteroatoms. The Kier molecular flexibility index (Phi) is 7.63. The Morgan fingerprint density at radius 3 is 2.43 bits per heavy atom. The van der Waals surface area contributed by atoms with Crippen LogP contribution in [0.5, 0.6) is 11.5 Å². The molecule has 1 N–H and O–H groups in total. The quantitative estimate of drug-likeness (QED) is 0.676. The van der Waals surface area contributed by atoms with Gasteiger partial charge in [-0.05, 0) is 43.2 Å². The van der Waals surface area contributed by atoms with E-state index in [1.165, 1.54) is 45.4 Å². The summed E-state index contributed by atoms with van der Waals surface area (Å²) in [5.74, 6) is -0.902. The molecule has 0 aliphatic heterocycles. The predicted molar refractivity (Wildman–Crippen MR) is 103 cm³/mol. The maximum absolute atomic E-state index is 12.9. The zero-order chi connectivity index (χ0) is 20.7. The fraction of sp³-hybridized carbons (Fsp3) is 0.300. The number of esters is 1. The van der Waals surface area contributed by atoms with Crippen LogP contribution in [0.3, 0.4) is 0 Å². The van der Waals surface area contributed by atoms with Crippen molar-refractivity contribution in [3.63, 3.8) is 0 Å². The molecule has 0 spiro atoms. The largest absolute Gasteiger partial charge is 0.493 e. The fourth-order valence-corrected chi connectivity index (χ4v) is 2.73. The second-order valence-corrected chi connectivity index (χ2v) is 6.32. The first-order valence-corrected chi connectivity index (χ1v) is 8.88. The number of methoxy groups -OCH3 is 2. The summed E-state index contributed by atoms with van der Waals surface area (Å²) in [5.41, 5.74) is 1.01. The molecule has 0 fully saturated rings. The monoisotopic (exact) mass is 409 g/mol. The molecule has 0 unspecified atom stereocenters. The third-order valence-corrected chi connectivity index (χ3v) is 4.23. The molecule has 0 saturated heterocycles. The molecule has 0 aliphatic rings. The van der Waals surface area contributed by atoms with Gasteiger partial charge in [0.15, 0.2) is 17.6 Å². The van der Waals surface area contributed by atoms with Gasteiger partial charge in [0.1, 0.15) is 5.82 Å². The zero-order valence-electron chi connectivity index (χ0n) is 15.8. The summed E-state index contributed by atoms with van der Waals surface area (Å²) in [4.78, 5) is 24.4. The lowest BCUT2D eigenvalue weighted by atomic mass is 10.1. The van der Waals surface area contributed by atoms with Gasteiger partial charge in [0.25, 0.3) is 5.91 Å². The van der Waals surface area contributed by atoms with Gasteiger partial charge in [-0.2, -0.15) is 0 Å². The van der Waals surface area contributed by atoms with E-state index < -0.39 is 18.0 Å². The van der Waals surface area contributed by atoms with Gasteiger partial charge in [0.05, 0.1) is 24.8 Å². The molecule has 0 aromatic heterocycles. The van der Waals surface area contributed by atoms with E-state index in [2.05, 4.69) is 5.32 Å². The zero-order valence-corrected chi connectivity index (χ0v) is 16.5. The molecular weight excluding hydrogens is 389 g/mol. The molecule has 28 heavy (non-hydrogen) atoms. The molecule has 0 saturated carbocycles. The molecule has 0 bridgehead atoms. The van der Waals surface area contributed by atoms with Gasteiger partial charge in [0.2, 0.25) is 0 Å². The van der Waals surface area contributed by atoms with E-state index in [1.54, 1.807) is 12.1 Å². The Balaban J connectivity index is 1.91. The standard InChI is InChI=1S/C20H21ClFNO5/c1-12(19(24)23-9-8-13-4-6-15(22)7-5-13)28-20(25)14-10-16(21)18(27-3)17(11-14)26-2/h4-7,10-12H,8-9H2,1-3H3,(H,23,24)/t12-/m1/s1. The number of carbonyl (C=O) groups is 2. The summed E-state index contributed by atoms with van der Waals surface area (Å²) in [6, 6.07) is 8.81. The average molecular weight is 410 g/mol. The summed E-state index contributed by atoms with van der Waals surface area (Å²) >= 11 is 6.08. The lowest BCUT2D eigenvalue weighted by Crippen LogP contribution is -2.36. The van der Waals surface area contributed by atoms with Crippen molar-refractivity contribution >= 4 is 23.5 Å². The molecule has 0 radical (unpaired) electrons. The summed E-state index contributed by atoms with van der Waals surface area (Å²) in [7, 11) is 2.85. The molecule has 1 amide bonds. The number of benzene rings is 2. The van der Waals surface area contributed by atoms with Crippen LogP contribution in [0.1, 0.15) is 22.8 Å².